The van der Waals surface area contributed by atoms with Gasteiger partial charge in [-0.2, -0.15) is 0 Å². The van der Waals surface area contributed by atoms with Crippen molar-refractivity contribution in [3.63, 3.8) is 0 Å². The molecule has 1 aromatic heterocycles. The molecule has 0 unspecified atom stereocenters. The van der Waals surface area contributed by atoms with Crippen LogP contribution >= 0.6 is 0 Å². The second-order valence-corrected chi connectivity index (χ2v) is 4.44. The van der Waals surface area contributed by atoms with Crippen molar-refractivity contribution >= 4 is 11.6 Å². The molecule has 0 fully saturated rings. The standard InChI is InChI=1S/C16H15N3O2/c1-11-4-5-15(12(7-11)3-2-6-17)19-16(21)13-8-14(20)10-18-9-13/h4-5,7-10,20H,6,17H2,1H3,(H,19,21). The number of rotatable bonds is 2. The number of pyridine rings is 1. The third-order valence-electron chi connectivity index (χ3n) is 2.73. The van der Waals surface area contributed by atoms with Crippen molar-refractivity contribution in [1.29, 1.82) is 0 Å². The maximum absolute atomic E-state index is 12.1. The van der Waals surface area contributed by atoms with Crippen molar-refractivity contribution in [2.75, 3.05) is 11.9 Å². The number of nitrogens with one attached hydrogen (secondary N) is 1. The zero-order chi connectivity index (χ0) is 15.2. The Morgan fingerprint density at radius 2 is 2.19 bits per heavy atom. The lowest BCUT2D eigenvalue weighted by molar-refractivity contribution is 0.102. The number of aromatic hydroxyl groups is 1. The van der Waals surface area contributed by atoms with Gasteiger partial charge in [0, 0.05) is 11.8 Å². The predicted octanol–water partition coefficient (Wildman–Crippen LogP) is 1.66. The number of nitrogens with zero attached hydrogens (tertiary/aromatic N) is 1. The number of hydrogen-bond acceptors (Lipinski definition) is 4. The molecule has 0 aliphatic rings. The van der Waals surface area contributed by atoms with Gasteiger partial charge in [-0.15, -0.1) is 0 Å². The average molecular weight is 281 g/mol. The molecule has 21 heavy (non-hydrogen) atoms. The fraction of sp³-hybridized carbons (Fsp3) is 0.125. The number of hydrogen-bond donors (Lipinski definition) is 3. The number of anilines is 1. The van der Waals surface area contributed by atoms with E-state index in [9.17, 15) is 9.90 Å². The zero-order valence-corrected chi connectivity index (χ0v) is 11.6. The number of aryl methyl sites for hydroxylation is 1. The van der Waals surface area contributed by atoms with E-state index in [0.717, 1.165) is 5.56 Å². The molecule has 0 aliphatic heterocycles. The smallest absolute Gasteiger partial charge is 0.257 e. The highest BCUT2D eigenvalue weighted by atomic mass is 16.3. The van der Waals surface area contributed by atoms with Gasteiger partial charge in [0.05, 0.1) is 24.0 Å². The number of nitrogens with two attached hydrogens (primary N) is 1. The van der Waals surface area contributed by atoms with Gasteiger partial charge in [0.2, 0.25) is 0 Å². The van der Waals surface area contributed by atoms with Gasteiger partial charge in [-0.25, -0.2) is 0 Å². The summed E-state index contributed by atoms with van der Waals surface area (Å²) in [6.45, 7) is 2.19. The van der Waals surface area contributed by atoms with Gasteiger partial charge in [-0.05, 0) is 30.7 Å². The van der Waals surface area contributed by atoms with Gasteiger partial charge in [-0.3, -0.25) is 9.78 Å². The molecule has 0 bridgehead atoms. The molecule has 0 aliphatic carbocycles. The van der Waals surface area contributed by atoms with Crippen LogP contribution in [-0.4, -0.2) is 22.5 Å². The Kier molecular flexibility index (Phi) is 4.54. The Balaban J connectivity index is 2.29. The van der Waals surface area contributed by atoms with Crippen molar-refractivity contribution < 1.29 is 9.90 Å². The van der Waals surface area contributed by atoms with Crippen LogP contribution in [0.4, 0.5) is 5.69 Å². The molecular formula is C16H15N3O2. The summed E-state index contributed by atoms with van der Waals surface area (Å²) in [6, 6.07) is 6.88. The first-order valence-corrected chi connectivity index (χ1v) is 6.35. The molecule has 0 atom stereocenters. The third-order valence-corrected chi connectivity index (χ3v) is 2.73. The quantitative estimate of drug-likeness (QED) is 0.730. The Morgan fingerprint density at radius 1 is 1.38 bits per heavy atom. The Morgan fingerprint density at radius 3 is 2.90 bits per heavy atom. The van der Waals surface area contributed by atoms with Crippen LogP contribution in [0.3, 0.4) is 0 Å². The molecule has 1 heterocycles. The first kappa shape index (κ1) is 14.6. The Hall–Kier alpha value is -2.84. The molecule has 2 aromatic rings. The summed E-state index contributed by atoms with van der Waals surface area (Å²) in [4.78, 5) is 15.9. The van der Waals surface area contributed by atoms with Crippen molar-refractivity contribution in [1.82, 2.24) is 4.98 Å². The van der Waals surface area contributed by atoms with Crippen LogP contribution in [0.5, 0.6) is 5.75 Å². The van der Waals surface area contributed by atoms with Crippen LogP contribution in [0.1, 0.15) is 21.5 Å². The van der Waals surface area contributed by atoms with E-state index in [-0.39, 0.29) is 23.8 Å². The molecule has 5 heteroatoms. The van der Waals surface area contributed by atoms with E-state index in [1.165, 1.54) is 18.5 Å². The summed E-state index contributed by atoms with van der Waals surface area (Å²) in [5.74, 6) is 5.27. The number of aromatic nitrogens is 1. The Labute approximate surface area is 122 Å². The normalized spacial score (nSPS) is 9.62. The van der Waals surface area contributed by atoms with Gasteiger partial charge in [0.15, 0.2) is 0 Å². The molecule has 0 saturated carbocycles. The van der Waals surface area contributed by atoms with Gasteiger partial charge < -0.3 is 16.2 Å². The lowest BCUT2D eigenvalue weighted by Crippen LogP contribution is -2.13. The minimum atomic E-state index is -0.363. The zero-order valence-electron chi connectivity index (χ0n) is 11.6. The molecule has 4 N–H and O–H groups in total. The molecule has 0 radical (unpaired) electrons. The second-order valence-electron chi connectivity index (χ2n) is 4.44. The van der Waals surface area contributed by atoms with Gasteiger partial charge >= 0.3 is 0 Å². The van der Waals surface area contributed by atoms with Crippen LogP contribution in [0.15, 0.2) is 36.7 Å². The van der Waals surface area contributed by atoms with E-state index in [2.05, 4.69) is 22.1 Å². The maximum atomic E-state index is 12.1. The molecule has 0 saturated heterocycles. The first-order chi connectivity index (χ1) is 10.1. The summed E-state index contributed by atoms with van der Waals surface area (Å²) >= 11 is 0. The average Bonchev–Trinajstić information content (AvgIpc) is 2.47. The van der Waals surface area contributed by atoms with Crippen molar-refractivity contribution in [2.24, 2.45) is 5.73 Å². The fourth-order valence-corrected chi connectivity index (χ4v) is 1.76. The number of amides is 1. The monoisotopic (exact) mass is 281 g/mol. The number of carbonyl (C=O) groups is 1. The highest BCUT2D eigenvalue weighted by Crippen LogP contribution is 2.18. The van der Waals surface area contributed by atoms with Crippen molar-refractivity contribution in [2.45, 2.75) is 6.92 Å². The minimum absolute atomic E-state index is 0.0605. The topological polar surface area (TPSA) is 88.2 Å². The van der Waals surface area contributed by atoms with E-state index in [4.69, 9.17) is 5.73 Å². The largest absolute Gasteiger partial charge is 0.506 e. The molecule has 106 valence electrons. The molecule has 1 amide bonds. The van der Waals surface area contributed by atoms with E-state index < -0.39 is 0 Å². The molecule has 2 rings (SSSR count). The second kappa shape index (κ2) is 6.55. The van der Waals surface area contributed by atoms with E-state index >= 15 is 0 Å². The van der Waals surface area contributed by atoms with E-state index in [1.54, 1.807) is 6.07 Å². The lowest BCUT2D eigenvalue weighted by Gasteiger charge is -2.08. The number of carbonyl (C=O) groups excluding carboxylic acids is 1. The summed E-state index contributed by atoms with van der Waals surface area (Å²) in [7, 11) is 0. The van der Waals surface area contributed by atoms with E-state index in [0.29, 0.717) is 11.3 Å². The van der Waals surface area contributed by atoms with Crippen LogP contribution in [0.25, 0.3) is 0 Å². The number of benzene rings is 1. The van der Waals surface area contributed by atoms with Crippen molar-refractivity contribution in [3.8, 4) is 17.6 Å². The molecule has 1 aromatic carbocycles. The Bertz CT molecular complexity index is 730. The summed E-state index contributed by atoms with van der Waals surface area (Å²) in [5, 5.41) is 12.1. The van der Waals surface area contributed by atoms with Crippen LogP contribution in [0, 0.1) is 18.8 Å². The minimum Gasteiger partial charge on any atom is -0.506 e. The predicted molar refractivity (Wildman–Crippen MR) is 81.0 cm³/mol. The van der Waals surface area contributed by atoms with Gasteiger partial charge in [-0.1, -0.05) is 17.9 Å². The maximum Gasteiger partial charge on any atom is 0.257 e. The molecule has 0 spiro atoms. The highest BCUT2D eigenvalue weighted by molar-refractivity contribution is 6.05. The molecule has 5 nitrogen and oxygen atoms in total. The van der Waals surface area contributed by atoms with Crippen LogP contribution < -0.4 is 11.1 Å². The first-order valence-electron chi connectivity index (χ1n) is 6.35. The third kappa shape index (κ3) is 3.81. The van der Waals surface area contributed by atoms with E-state index in [1.807, 2.05) is 19.1 Å². The SMILES string of the molecule is Cc1ccc(NC(=O)c2cncc(O)c2)c(C#CCN)c1. The fourth-order valence-electron chi connectivity index (χ4n) is 1.76. The summed E-state index contributed by atoms with van der Waals surface area (Å²) < 4.78 is 0. The molecular weight excluding hydrogens is 266 g/mol. The van der Waals surface area contributed by atoms with Crippen molar-refractivity contribution in [3.05, 3.63) is 53.3 Å². The van der Waals surface area contributed by atoms with Gasteiger partial charge in [0.1, 0.15) is 5.75 Å². The summed E-state index contributed by atoms with van der Waals surface area (Å²) in [6.07, 6.45) is 2.65. The van der Waals surface area contributed by atoms with Crippen LogP contribution in [0.2, 0.25) is 0 Å². The summed E-state index contributed by atoms with van der Waals surface area (Å²) in [5.41, 5.74) is 7.97. The van der Waals surface area contributed by atoms with Crippen LogP contribution in [-0.2, 0) is 0 Å². The van der Waals surface area contributed by atoms with Gasteiger partial charge in [0.25, 0.3) is 5.91 Å². The lowest BCUT2D eigenvalue weighted by atomic mass is 10.1. The highest BCUT2D eigenvalue weighted by Gasteiger charge is 2.09.